The lowest BCUT2D eigenvalue weighted by molar-refractivity contribution is -0.136. The predicted molar refractivity (Wildman–Crippen MR) is 95.6 cm³/mol. The first-order valence-corrected chi connectivity index (χ1v) is 8.31. The molecule has 0 aliphatic carbocycles. The summed E-state index contributed by atoms with van der Waals surface area (Å²) < 4.78 is 20.4. The van der Waals surface area contributed by atoms with E-state index in [-0.39, 0.29) is 19.0 Å². The van der Waals surface area contributed by atoms with Crippen molar-refractivity contribution in [2.45, 2.75) is 13.3 Å². The van der Waals surface area contributed by atoms with Crippen LogP contribution < -0.4 is 9.47 Å². The number of carbonyl (C=O) groups excluding carboxylic acids is 2. The van der Waals surface area contributed by atoms with E-state index in [1.54, 1.807) is 18.2 Å². The highest BCUT2D eigenvalue weighted by Gasteiger charge is 2.11. The molecule has 138 valence electrons. The van der Waals surface area contributed by atoms with Crippen LogP contribution in [-0.4, -0.2) is 38.9 Å². The van der Waals surface area contributed by atoms with Crippen molar-refractivity contribution in [3.05, 3.63) is 59.7 Å². The number of methoxy groups -OCH3 is 1. The number of aryl methyl sites for hydroxylation is 1. The van der Waals surface area contributed by atoms with Gasteiger partial charge in [-0.3, -0.25) is 0 Å². The molecule has 0 atom stereocenters. The summed E-state index contributed by atoms with van der Waals surface area (Å²) in [6.45, 7) is 2.31. The fourth-order valence-corrected chi connectivity index (χ4v) is 2.11. The molecule has 0 aliphatic rings. The van der Waals surface area contributed by atoms with Crippen LogP contribution in [0.2, 0.25) is 0 Å². The van der Waals surface area contributed by atoms with Crippen molar-refractivity contribution in [1.29, 1.82) is 0 Å². The highest BCUT2D eigenvalue weighted by molar-refractivity contribution is 5.90. The molecule has 2 aromatic rings. The second-order valence-electron chi connectivity index (χ2n) is 5.42. The molecule has 0 saturated carbocycles. The van der Waals surface area contributed by atoms with E-state index >= 15 is 0 Å². The first kappa shape index (κ1) is 19.5. The fourth-order valence-electron chi connectivity index (χ4n) is 2.11. The number of benzene rings is 2. The van der Waals surface area contributed by atoms with Gasteiger partial charge in [-0.15, -0.1) is 0 Å². The van der Waals surface area contributed by atoms with E-state index < -0.39 is 11.9 Å². The third-order valence-electron chi connectivity index (χ3n) is 3.51. The Morgan fingerprint density at radius 3 is 2.42 bits per heavy atom. The van der Waals surface area contributed by atoms with Crippen LogP contribution in [0, 0.1) is 0 Å². The van der Waals surface area contributed by atoms with Crippen molar-refractivity contribution in [3.8, 4) is 11.5 Å². The van der Waals surface area contributed by atoms with Gasteiger partial charge in [0.05, 0.1) is 12.2 Å². The highest BCUT2D eigenvalue weighted by Crippen LogP contribution is 2.16. The molecule has 0 aromatic heterocycles. The van der Waals surface area contributed by atoms with E-state index in [0.717, 1.165) is 6.42 Å². The van der Waals surface area contributed by atoms with Crippen LogP contribution in [0.5, 0.6) is 11.5 Å². The molecule has 0 aliphatic heterocycles. The van der Waals surface area contributed by atoms with Gasteiger partial charge in [0.25, 0.3) is 0 Å². The highest BCUT2D eigenvalue weighted by atomic mass is 16.6. The minimum Gasteiger partial charge on any atom is -0.482 e. The third kappa shape index (κ3) is 6.22. The second-order valence-corrected chi connectivity index (χ2v) is 5.42. The quantitative estimate of drug-likeness (QED) is 0.390. The fraction of sp³-hybridized carbons (Fsp3) is 0.300. The summed E-state index contributed by atoms with van der Waals surface area (Å²) in [4.78, 5) is 23.8. The van der Waals surface area contributed by atoms with Crippen LogP contribution in [-0.2, 0) is 20.7 Å². The van der Waals surface area contributed by atoms with E-state index in [1.165, 1.54) is 18.7 Å². The molecule has 0 amide bonds. The monoisotopic (exact) mass is 358 g/mol. The zero-order valence-electron chi connectivity index (χ0n) is 14.9. The number of carbonyl (C=O) groups is 2. The Bertz CT molecular complexity index is 723. The SMILES string of the molecule is CCc1ccc(OCC(=O)Oc2cccc(C(=O)OCCOC)c2)cc1. The molecule has 0 heterocycles. The average Bonchev–Trinajstić information content (AvgIpc) is 2.67. The zero-order chi connectivity index (χ0) is 18.8. The number of hydrogen-bond donors (Lipinski definition) is 0. The Morgan fingerprint density at radius 2 is 1.73 bits per heavy atom. The average molecular weight is 358 g/mol. The van der Waals surface area contributed by atoms with E-state index in [1.807, 2.05) is 24.3 Å². The van der Waals surface area contributed by atoms with Crippen molar-refractivity contribution in [2.75, 3.05) is 26.9 Å². The zero-order valence-corrected chi connectivity index (χ0v) is 14.9. The Hall–Kier alpha value is -2.86. The molecular weight excluding hydrogens is 336 g/mol. The first-order valence-electron chi connectivity index (χ1n) is 8.31. The van der Waals surface area contributed by atoms with Gasteiger partial charge in [0.2, 0.25) is 0 Å². The maximum Gasteiger partial charge on any atom is 0.349 e. The maximum absolute atomic E-state index is 11.9. The lowest BCUT2D eigenvalue weighted by Crippen LogP contribution is -2.18. The Kier molecular flexibility index (Phi) is 7.64. The predicted octanol–water partition coefficient (Wildman–Crippen LogP) is 3.04. The normalized spacial score (nSPS) is 10.2. The molecule has 2 rings (SSSR count). The molecule has 6 nitrogen and oxygen atoms in total. The third-order valence-corrected chi connectivity index (χ3v) is 3.51. The summed E-state index contributed by atoms with van der Waals surface area (Å²) in [6, 6.07) is 13.7. The van der Waals surface area contributed by atoms with Gasteiger partial charge in [-0.05, 0) is 42.3 Å². The molecular formula is C20H22O6. The smallest absolute Gasteiger partial charge is 0.349 e. The molecule has 0 spiro atoms. The van der Waals surface area contributed by atoms with Gasteiger partial charge in [-0.2, -0.15) is 0 Å². The topological polar surface area (TPSA) is 71.1 Å². The maximum atomic E-state index is 11.9. The molecule has 6 heteroatoms. The van der Waals surface area contributed by atoms with Gasteiger partial charge in [0.15, 0.2) is 6.61 Å². The molecule has 0 radical (unpaired) electrons. The van der Waals surface area contributed by atoms with Gasteiger partial charge in [0, 0.05) is 7.11 Å². The molecule has 26 heavy (non-hydrogen) atoms. The number of esters is 2. The largest absolute Gasteiger partial charge is 0.482 e. The van der Waals surface area contributed by atoms with Crippen LogP contribution >= 0.6 is 0 Å². The van der Waals surface area contributed by atoms with Crippen molar-refractivity contribution < 1.29 is 28.5 Å². The molecule has 0 unspecified atom stereocenters. The van der Waals surface area contributed by atoms with E-state index in [2.05, 4.69) is 6.92 Å². The van der Waals surface area contributed by atoms with Gasteiger partial charge in [0.1, 0.15) is 18.1 Å². The minimum atomic E-state index is -0.561. The van der Waals surface area contributed by atoms with E-state index in [4.69, 9.17) is 18.9 Å². The van der Waals surface area contributed by atoms with Crippen LogP contribution in [0.1, 0.15) is 22.8 Å². The molecule has 0 saturated heterocycles. The van der Waals surface area contributed by atoms with Crippen LogP contribution in [0.25, 0.3) is 0 Å². The minimum absolute atomic E-state index is 0.157. The summed E-state index contributed by atoms with van der Waals surface area (Å²) >= 11 is 0. The van der Waals surface area contributed by atoms with Gasteiger partial charge >= 0.3 is 11.9 Å². The van der Waals surface area contributed by atoms with E-state index in [0.29, 0.717) is 17.9 Å². The number of ether oxygens (including phenoxy) is 4. The van der Waals surface area contributed by atoms with Gasteiger partial charge in [-0.25, -0.2) is 9.59 Å². The van der Waals surface area contributed by atoms with Crippen molar-refractivity contribution in [2.24, 2.45) is 0 Å². The molecule has 0 fully saturated rings. The molecule has 0 N–H and O–H groups in total. The summed E-state index contributed by atoms with van der Waals surface area (Å²) in [5.41, 5.74) is 1.48. The van der Waals surface area contributed by atoms with Crippen LogP contribution in [0.3, 0.4) is 0 Å². The van der Waals surface area contributed by atoms with Crippen molar-refractivity contribution in [3.63, 3.8) is 0 Å². The summed E-state index contributed by atoms with van der Waals surface area (Å²) in [5, 5.41) is 0. The molecule has 0 bridgehead atoms. The second kappa shape index (κ2) is 10.2. The molecule has 2 aromatic carbocycles. The van der Waals surface area contributed by atoms with Crippen LogP contribution in [0.15, 0.2) is 48.5 Å². The van der Waals surface area contributed by atoms with Crippen molar-refractivity contribution >= 4 is 11.9 Å². The Balaban J connectivity index is 1.86. The number of hydrogen-bond acceptors (Lipinski definition) is 6. The Labute approximate surface area is 152 Å². The van der Waals surface area contributed by atoms with Gasteiger partial charge in [-0.1, -0.05) is 25.1 Å². The summed E-state index contributed by atoms with van der Waals surface area (Å²) in [5.74, 6) is -0.225. The summed E-state index contributed by atoms with van der Waals surface area (Å²) in [7, 11) is 1.52. The number of rotatable bonds is 9. The standard InChI is InChI=1S/C20H22O6/c1-3-15-7-9-17(10-8-15)25-14-19(21)26-18-6-4-5-16(13-18)20(22)24-12-11-23-2/h4-10,13H,3,11-12,14H2,1-2H3. The lowest BCUT2D eigenvalue weighted by Gasteiger charge is -2.08. The lowest BCUT2D eigenvalue weighted by atomic mass is 10.2. The van der Waals surface area contributed by atoms with Crippen LogP contribution in [0.4, 0.5) is 0 Å². The summed E-state index contributed by atoms with van der Waals surface area (Å²) in [6.07, 6.45) is 0.937. The van der Waals surface area contributed by atoms with Crippen molar-refractivity contribution in [1.82, 2.24) is 0 Å². The Morgan fingerprint density at radius 1 is 0.962 bits per heavy atom. The van der Waals surface area contributed by atoms with E-state index in [9.17, 15) is 9.59 Å². The first-order chi connectivity index (χ1) is 12.6. The van der Waals surface area contributed by atoms with Gasteiger partial charge < -0.3 is 18.9 Å².